The molecule has 0 aromatic heterocycles. The van der Waals surface area contributed by atoms with Gasteiger partial charge in [0, 0.05) is 6.42 Å². The third kappa shape index (κ3) is 10.4. The van der Waals surface area contributed by atoms with Crippen LogP contribution in [0.5, 0.6) is 0 Å². The van der Waals surface area contributed by atoms with Crippen molar-refractivity contribution in [1.29, 1.82) is 0 Å². The van der Waals surface area contributed by atoms with Gasteiger partial charge in [-0.3, -0.25) is 24.0 Å². The maximum atomic E-state index is 12.6. The molecule has 0 aromatic rings. The van der Waals surface area contributed by atoms with E-state index < -0.39 is 72.1 Å². The second kappa shape index (κ2) is 13.2. The Morgan fingerprint density at radius 2 is 1.39 bits per heavy atom. The van der Waals surface area contributed by atoms with Gasteiger partial charge in [-0.2, -0.15) is 0 Å². The van der Waals surface area contributed by atoms with E-state index in [-0.39, 0.29) is 12.8 Å². The number of carbonyl (C=O) groups excluding carboxylic acids is 4. The number of nitrogens with one attached hydrogen (secondary N) is 3. The van der Waals surface area contributed by atoms with Crippen molar-refractivity contribution in [3.05, 3.63) is 0 Å². The van der Waals surface area contributed by atoms with Crippen molar-refractivity contribution in [2.24, 2.45) is 17.4 Å². The fourth-order valence-electron chi connectivity index (χ4n) is 2.45. The summed E-state index contributed by atoms with van der Waals surface area (Å²) in [5.74, 6) is -6.63. The number of amides is 4. The van der Waals surface area contributed by atoms with Crippen LogP contribution in [-0.4, -0.2) is 69.9 Å². The van der Waals surface area contributed by atoms with Gasteiger partial charge in [-0.15, -0.1) is 0 Å². The lowest BCUT2D eigenvalue weighted by Crippen LogP contribution is -2.58. The normalized spacial score (nSPS) is 15.5. The van der Waals surface area contributed by atoms with Gasteiger partial charge in [0.15, 0.2) is 0 Å². The SMILES string of the molecule is CCC(C)C(NC(=O)C(CC(=O)O)NC(=O)C(CCC(N)=O)NC(=O)C(C)N)C(=O)O. The van der Waals surface area contributed by atoms with Crippen LogP contribution in [0.1, 0.15) is 46.5 Å². The van der Waals surface area contributed by atoms with E-state index in [4.69, 9.17) is 16.6 Å². The third-order valence-corrected chi connectivity index (χ3v) is 4.51. The zero-order valence-corrected chi connectivity index (χ0v) is 17.7. The molecule has 0 rings (SSSR count). The van der Waals surface area contributed by atoms with Crippen molar-refractivity contribution in [3.63, 3.8) is 0 Å². The number of carboxylic acid groups (broad SMARTS) is 2. The van der Waals surface area contributed by atoms with Crippen molar-refractivity contribution in [2.45, 2.75) is 70.6 Å². The summed E-state index contributed by atoms with van der Waals surface area (Å²) in [6.45, 7) is 4.67. The minimum atomic E-state index is -1.63. The number of nitrogens with two attached hydrogens (primary N) is 2. The first-order valence-corrected chi connectivity index (χ1v) is 9.69. The number of hydrogen-bond acceptors (Lipinski definition) is 7. The Kier molecular flexibility index (Phi) is 11.8. The number of primary amides is 1. The Morgan fingerprint density at radius 1 is 0.871 bits per heavy atom. The zero-order chi connectivity index (χ0) is 24.3. The van der Waals surface area contributed by atoms with Crippen LogP contribution in [0.2, 0.25) is 0 Å². The number of carboxylic acids is 2. The second-order valence-corrected chi connectivity index (χ2v) is 7.22. The summed E-state index contributed by atoms with van der Waals surface area (Å²) in [4.78, 5) is 70.6. The molecule has 4 amide bonds. The number of carbonyl (C=O) groups is 6. The summed E-state index contributed by atoms with van der Waals surface area (Å²) in [6, 6.07) is -5.22. The molecule has 5 unspecified atom stereocenters. The molecule has 9 N–H and O–H groups in total. The van der Waals surface area contributed by atoms with E-state index >= 15 is 0 Å². The van der Waals surface area contributed by atoms with Crippen LogP contribution in [0, 0.1) is 5.92 Å². The van der Waals surface area contributed by atoms with E-state index in [0.29, 0.717) is 6.42 Å². The molecule has 5 atom stereocenters. The fourth-order valence-corrected chi connectivity index (χ4v) is 2.45. The lowest BCUT2D eigenvalue weighted by Gasteiger charge is -2.25. The molecule has 13 heteroatoms. The van der Waals surface area contributed by atoms with Gasteiger partial charge in [-0.25, -0.2) is 4.79 Å². The molecule has 0 aliphatic rings. The van der Waals surface area contributed by atoms with Gasteiger partial charge in [0.25, 0.3) is 0 Å². The molecule has 0 spiro atoms. The van der Waals surface area contributed by atoms with Crippen LogP contribution in [0.3, 0.4) is 0 Å². The van der Waals surface area contributed by atoms with Crippen LogP contribution in [0.15, 0.2) is 0 Å². The molecule has 0 saturated carbocycles. The van der Waals surface area contributed by atoms with E-state index in [9.17, 15) is 33.9 Å². The Balaban J connectivity index is 5.54. The minimum absolute atomic E-state index is 0.217. The van der Waals surface area contributed by atoms with Gasteiger partial charge in [0.1, 0.15) is 18.1 Å². The topological polar surface area (TPSA) is 231 Å². The Hall–Kier alpha value is -3.22. The van der Waals surface area contributed by atoms with Crippen molar-refractivity contribution in [3.8, 4) is 0 Å². The summed E-state index contributed by atoms with van der Waals surface area (Å²) < 4.78 is 0. The molecule has 0 saturated heterocycles. The van der Waals surface area contributed by atoms with Crippen molar-refractivity contribution >= 4 is 35.6 Å². The summed E-state index contributed by atoms with van der Waals surface area (Å²) in [5.41, 5.74) is 10.5. The lowest BCUT2D eigenvalue weighted by atomic mass is 9.98. The number of hydrogen-bond donors (Lipinski definition) is 7. The average molecular weight is 445 g/mol. The maximum absolute atomic E-state index is 12.6. The van der Waals surface area contributed by atoms with Gasteiger partial charge in [0.05, 0.1) is 12.5 Å². The fraction of sp³-hybridized carbons (Fsp3) is 0.667. The minimum Gasteiger partial charge on any atom is -0.481 e. The molecule has 0 bridgehead atoms. The van der Waals surface area contributed by atoms with E-state index in [1.807, 2.05) is 0 Å². The van der Waals surface area contributed by atoms with Gasteiger partial charge < -0.3 is 37.6 Å². The molecule has 0 heterocycles. The van der Waals surface area contributed by atoms with Gasteiger partial charge in [0.2, 0.25) is 23.6 Å². The molecule has 0 aromatic carbocycles. The molecule has 0 radical (unpaired) electrons. The molecule has 13 nitrogen and oxygen atoms in total. The van der Waals surface area contributed by atoms with Crippen LogP contribution in [-0.2, 0) is 28.8 Å². The molecule has 176 valence electrons. The third-order valence-electron chi connectivity index (χ3n) is 4.51. The van der Waals surface area contributed by atoms with Crippen molar-refractivity contribution in [1.82, 2.24) is 16.0 Å². The van der Waals surface area contributed by atoms with Gasteiger partial charge in [-0.1, -0.05) is 20.3 Å². The van der Waals surface area contributed by atoms with E-state index in [2.05, 4.69) is 16.0 Å². The van der Waals surface area contributed by atoms with E-state index in [1.54, 1.807) is 13.8 Å². The molecule has 0 aliphatic heterocycles. The first-order valence-electron chi connectivity index (χ1n) is 9.69. The molecular formula is C18H31N5O8. The van der Waals surface area contributed by atoms with Crippen LogP contribution < -0.4 is 27.4 Å². The number of aliphatic carboxylic acids is 2. The Labute approximate surface area is 179 Å². The first-order chi connectivity index (χ1) is 14.3. The average Bonchev–Trinajstić information content (AvgIpc) is 2.66. The first kappa shape index (κ1) is 27.8. The highest BCUT2D eigenvalue weighted by Crippen LogP contribution is 2.09. The van der Waals surface area contributed by atoms with Gasteiger partial charge >= 0.3 is 11.9 Å². The Morgan fingerprint density at radius 3 is 1.81 bits per heavy atom. The summed E-state index contributed by atoms with van der Waals surface area (Å²) in [7, 11) is 0. The highest BCUT2D eigenvalue weighted by molar-refractivity contribution is 5.95. The van der Waals surface area contributed by atoms with Crippen molar-refractivity contribution < 1.29 is 39.0 Å². The van der Waals surface area contributed by atoms with E-state index in [0.717, 1.165) is 0 Å². The lowest BCUT2D eigenvalue weighted by molar-refractivity contribution is -0.144. The monoisotopic (exact) mass is 445 g/mol. The summed E-state index contributed by atoms with van der Waals surface area (Å²) in [5, 5.41) is 25.1. The highest BCUT2D eigenvalue weighted by atomic mass is 16.4. The quantitative estimate of drug-likeness (QED) is 0.151. The van der Waals surface area contributed by atoms with E-state index in [1.165, 1.54) is 6.92 Å². The smallest absolute Gasteiger partial charge is 0.326 e. The standard InChI is InChI=1S/C18H31N5O8/c1-4-8(2)14(18(30)31)23-17(29)11(7-13(25)26)22-16(28)10(5-6-12(20)24)21-15(27)9(3)19/h8-11,14H,4-7,19H2,1-3H3,(H2,20,24)(H,21,27)(H,22,28)(H,23,29)(H,25,26)(H,30,31). The Bertz CT molecular complexity index is 696. The molecule has 0 aliphatic carbocycles. The molecule has 31 heavy (non-hydrogen) atoms. The molecular weight excluding hydrogens is 414 g/mol. The summed E-state index contributed by atoms with van der Waals surface area (Å²) >= 11 is 0. The predicted molar refractivity (Wildman–Crippen MR) is 107 cm³/mol. The molecule has 0 fully saturated rings. The van der Waals surface area contributed by atoms with Crippen LogP contribution in [0.25, 0.3) is 0 Å². The largest absolute Gasteiger partial charge is 0.481 e. The number of rotatable bonds is 14. The predicted octanol–water partition coefficient (Wildman–Crippen LogP) is -2.34. The highest BCUT2D eigenvalue weighted by Gasteiger charge is 2.32. The zero-order valence-electron chi connectivity index (χ0n) is 17.7. The van der Waals surface area contributed by atoms with Crippen LogP contribution >= 0.6 is 0 Å². The second-order valence-electron chi connectivity index (χ2n) is 7.22. The van der Waals surface area contributed by atoms with Crippen LogP contribution in [0.4, 0.5) is 0 Å². The summed E-state index contributed by atoms with van der Waals surface area (Å²) in [6.07, 6.45) is -0.909. The van der Waals surface area contributed by atoms with Gasteiger partial charge in [-0.05, 0) is 19.3 Å². The maximum Gasteiger partial charge on any atom is 0.326 e. The van der Waals surface area contributed by atoms with Crippen molar-refractivity contribution in [2.75, 3.05) is 0 Å².